The maximum absolute atomic E-state index is 8.98. The van der Waals surface area contributed by atoms with Crippen LogP contribution in [-0.2, 0) is 11.3 Å². The highest BCUT2D eigenvalue weighted by Crippen LogP contribution is 2.08. The number of hydrogen-bond donors (Lipinski definition) is 1. The van der Waals surface area contributed by atoms with Crippen molar-refractivity contribution in [1.29, 1.82) is 0 Å². The van der Waals surface area contributed by atoms with Crippen molar-refractivity contribution in [3.8, 4) is 5.88 Å². The summed E-state index contributed by atoms with van der Waals surface area (Å²) in [5, 5.41) is 8.98. The summed E-state index contributed by atoms with van der Waals surface area (Å²) in [6.07, 6.45) is 1.79. The normalized spacial score (nSPS) is 10.8. The van der Waals surface area contributed by atoms with Crippen molar-refractivity contribution in [2.75, 3.05) is 40.5 Å². The van der Waals surface area contributed by atoms with E-state index in [1.165, 1.54) is 0 Å². The van der Waals surface area contributed by atoms with E-state index in [2.05, 4.69) is 9.88 Å². The molecule has 0 saturated heterocycles. The molecule has 0 amide bonds. The number of aromatic nitrogens is 1. The number of rotatable bonds is 8. The van der Waals surface area contributed by atoms with Crippen LogP contribution in [-0.4, -0.2) is 55.5 Å². The topological polar surface area (TPSA) is 54.8 Å². The highest BCUT2D eigenvalue weighted by molar-refractivity contribution is 5.17. The van der Waals surface area contributed by atoms with Crippen LogP contribution in [0.15, 0.2) is 18.3 Å². The van der Waals surface area contributed by atoms with E-state index in [1.54, 1.807) is 20.4 Å². The molecule has 0 bridgehead atoms. The molecule has 0 aliphatic heterocycles. The minimum atomic E-state index is 0.146. The van der Waals surface area contributed by atoms with Gasteiger partial charge in [0.2, 0.25) is 5.88 Å². The number of nitrogens with zero attached hydrogens (tertiary/aromatic N) is 2. The third-order valence-electron chi connectivity index (χ3n) is 2.44. The molecule has 0 aliphatic rings. The summed E-state index contributed by atoms with van der Waals surface area (Å²) in [4.78, 5) is 6.27. The van der Waals surface area contributed by atoms with Gasteiger partial charge in [0.1, 0.15) is 0 Å². The van der Waals surface area contributed by atoms with Crippen LogP contribution in [0.1, 0.15) is 5.56 Å². The molecule has 17 heavy (non-hydrogen) atoms. The first-order chi connectivity index (χ1) is 8.30. The Labute approximate surface area is 102 Å². The molecule has 1 aromatic heterocycles. The molecule has 1 rings (SSSR count). The molecule has 5 nitrogen and oxygen atoms in total. The second kappa shape index (κ2) is 8.00. The molecule has 0 unspecified atom stereocenters. The molecular weight excluding hydrogens is 220 g/mol. The SMILES string of the molecule is COCCN(CCO)Cc1ccc(OC)nc1. The summed E-state index contributed by atoms with van der Waals surface area (Å²) in [6.45, 7) is 2.98. The lowest BCUT2D eigenvalue weighted by Crippen LogP contribution is -2.29. The Hall–Kier alpha value is -1.17. The van der Waals surface area contributed by atoms with Gasteiger partial charge in [-0.3, -0.25) is 4.90 Å². The molecule has 96 valence electrons. The van der Waals surface area contributed by atoms with Crippen molar-refractivity contribution in [1.82, 2.24) is 9.88 Å². The Bertz CT molecular complexity index is 303. The zero-order chi connectivity index (χ0) is 12.5. The van der Waals surface area contributed by atoms with Crippen LogP contribution in [0.3, 0.4) is 0 Å². The predicted molar refractivity (Wildman–Crippen MR) is 65.0 cm³/mol. The minimum Gasteiger partial charge on any atom is -0.481 e. The van der Waals surface area contributed by atoms with E-state index in [0.29, 0.717) is 19.0 Å². The number of hydrogen-bond acceptors (Lipinski definition) is 5. The largest absolute Gasteiger partial charge is 0.481 e. The molecule has 0 aromatic carbocycles. The van der Waals surface area contributed by atoms with Gasteiger partial charge in [-0.05, 0) is 5.56 Å². The van der Waals surface area contributed by atoms with E-state index in [4.69, 9.17) is 14.6 Å². The quantitative estimate of drug-likeness (QED) is 0.718. The smallest absolute Gasteiger partial charge is 0.212 e. The third-order valence-corrected chi connectivity index (χ3v) is 2.44. The first-order valence-electron chi connectivity index (χ1n) is 5.61. The molecule has 1 aromatic rings. The molecule has 1 heterocycles. The van der Waals surface area contributed by atoms with Gasteiger partial charge in [-0.1, -0.05) is 6.07 Å². The lowest BCUT2D eigenvalue weighted by Gasteiger charge is -2.20. The molecule has 0 radical (unpaired) electrons. The van der Waals surface area contributed by atoms with Crippen LogP contribution in [0.2, 0.25) is 0 Å². The summed E-state index contributed by atoms with van der Waals surface area (Å²) in [5.41, 5.74) is 1.09. The maximum atomic E-state index is 8.98. The first-order valence-corrected chi connectivity index (χ1v) is 5.61. The van der Waals surface area contributed by atoms with Crippen molar-refractivity contribution < 1.29 is 14.6 Å². The summed E-state index contributed by atoms with van der Waals surface area (Å²) in [7, 11) is 3.27. The highest BCUT2D eigenvalue weighted by atomic mass is 16.5. The zero-order valence-electron chi connectivity index (χ0n) is 10.4. The second-order valence-electron chi connectivity index (χ2n) is 3.70. The number of aliphatic hydroxyl groups excluding tert-OH is 1. The van der Waals surface area contributed by atoms with E-state index < -0.39 is 0 Å². The molecule has 0 fully saturated rings. The molecular formula is C12H20N2O3. The van der Waals surface area contributed by atoms with E-state index >= 15 is 0 Å². The average Bonchev–Trinajstić information content (AvgIpc) is 2.37. The Balaban J connectivity index is 2.51. The van der Waals surface area contributed by atoms with Gasteiger partial charge in [0.15, 0.2) is 0 Å². The Morgan fingerprint density at radius 1 is 1.29 bits per heavy atom. The van der Waals surface area contributed by atoms with Crippen LogP contribution in [0.4, 0.5) is 0 Å². The monoisotopic (exact) mass is 240 g/mol. The summed E-state index contributed by atoms with van der Waals surface area (Å²) in [5.74, 6) is 0.611. The average molecular weight is 240 g/mol. The van der Waals surface area contributed by atoms with Crippen molar-refractivity contribution in [2.24, 2.45) is 0 Å². The highest BCUT2D eigenvalue weighted by Gasteiger charge is 2.05. The van der Waals surface area contributed by atoms with Crippen molar-refractivity contribution in [2.45, 2.75) is 6.54 Å². The fourth-order valence-corrected chi connectivity index (χ4v) is 1.52. The van der Waals surface area contributed by atoms with E-state index in [1.807, 2.05) is 12.1 Å². The lowest BCUT2D eigenvalue weighted by molar-refractivity contribution is 0.127. The van der Waals surface area contributed by atoms with Gasteiger partial charge in [-0.15, -0.1) is 0 Å². The molecule has 0 aliphatic carbocycles. The Kier molecular flexibility index (Phi) is 6.54. The number of aliphatic hydroxyl groups is 1. The van der Waals surface area contributed by atoms with Gasteiger partial charge in [0.25, 0.3) is 0 Å². The van der Waals surface area contributed by atoms with Gasteiger partial charge in [0, 0.05) is 39.0 Å². The van der Waals surface area contributed by atoms with E-state index in [-0.39, 0.29) is 6.61 Å². The van der Waals surface area contributed by atoms with E-state index in [9.17, 15) is 0 Å². The van der Waals surface area contributed by atoms with Crippen LogP contribution < -0.4 is 4.74 Å². The van der Waals surface area contributed by atoms with Gasteiger partial charge < -0.3 is 14.6 Å². The van der Waals surface area contributed by atoms with Crippen LogP contribution >= 0.6 is 0 Å². The number of methoxy groups -OCH3 is 2. The molecule has 0 saturated carbocycles. The molecule has 5 heteroatoms. The molecule has 1 N–H and O–H groups in total. The number of ether oxygens (including phenoxy) is 2. The van der Waals surface area contributed by atoms with Gasteiger partial charge >= 0.3 is 0 Å². The van der Waals surface area contributed by atoms with Gasteiger partial charge in [-0.2, -0.15) is 0 Å². The van der Waals surface area contributed by atoms with Crippen molar-refractivity contribution in [3.05, 3.63) is 23.9 Å². The van der Waals surface area contributed by atoms with Crippen molar-refractivity contribution in [3.63, 3.8) is 0 Å². The Morgan fingerprint density at radius 2 is 2.12 bits per heavy atom. The minimum absolute atomic E-state index is 0.146. The van der Waals surface area contributed by atoms with Gasteiger partial charge in [-0.25, -0.2) is 4.98 Å². The number of pyridine rings is 1. The molecule has 0 atom stereocenters. The fraction of sp³-hybridized carbons (Fsp3) is 0.583. The van der Waals surface area contributed by atoms with Crippen LogP contribution in [0, 0.1) is 0 Å². The van der Waals surface area contributed by atoms with E-state index in [0.717, 1.165) is 18.7 Å². The summed E-state index contributed by atoms with van der Waals surface area (Å²) >= 11 is 0. The Morgan fingerprint density at radius 3 is 2.65 bits per heavy atom. The third kappa shape index (κ3) is 5.12. The lowest BCUT2D eigenvalue weighted by atomic mass is 10.2. The predicted octanol–water partition coefficient (Wildman–Crippen LogP) is 0.531. The first kappa shape index (κ1) is 13.9. The van der Waals surface area contributed by atoms with Gasteiger partial charge in [0.05, 0.1) is 20.3 Å². The second-order valence-corrected chi connectivity index (χ2v) is 3.70. The standard InChI is InChI=1S/C12H20N2O3/c1-16-8-6-14(5-7-15)10-11-3-4-12(17-2)13-9-11/h3-4,9,15H,5-8,10H2,1-2H3. The fourth-order valence-electron chi connectivity index (χ4n) is 1.52. The summed E-state index contributed by atoms with van der Waals surface area (Å²) < 4.78 is 10.0. The van der Waals surface area contributed by atoms with Crippen LogP contribution in [0.25, 0.3) is 0 Å². The summed E-state index contributed by atoms with van der Waals surface area (Å²) in [6, 6.07) is 3.81. The zero-order valence-corrected chi connectivity index (χ0v) is 10.4. The maximum Gasteiger partial charge on any atom is 0.212 e. The van der Waals surface area contributed by atoms with Crippen LogP contribution in [0.5, 0.6) is 5.88 Å². The molecule has 0 spiro atoms. The van der Waals surface area contributed by atoms with Crippen molar-refractivity contribution >= 4 is 0 Å².